The van der Waals surface area contributed by atoms with Gasteiger partial charge in [0.2, 0.25) is 0 Å². The fraction of sp³-hybridized carbons (Fsp3) is 0.556. The van der Waals surface area contributed by atoms with Gasteiger partial charge in [0.1, 0.15) is 11.4 Å². The molecule has 7 heteroatoms. The molecule has 0 spiro atoms. The number of aliphatic carboxylic acids is 1. The molecule has 0 aliphatic carbocycles. The molecule has 0 aromatic heterocycles. The first-order valence-electron chi connectivity index (χ1n) is 8.24. The zero-order valence-electron chi connectivity index (χ0n) is 15.0. The number of carbonyl (C=O) groups is 2. The number of amides is 1. The smallest absolute Gasteiger partial charge is 0.407 e. The van der Waals surface area contributed by atoms with Crippen molar-refractivity contribution in [2.75, 3.05) is 18.4 Å². The third kappa shape index (κ3) is 4.84. The largest absolute Gasteiger partial charge is 0.481 e. The maximum Gasteiger partial charge on any atom is 0.407 e. The molecule has 0 bridgehead atoms. The number of nitrogens with one attached hydrogen (secondary N) is 2. The lowest BCUT2D eigenvalue weighted by Gasteiger charge is -2.28. The van der Waals surface area contributed by atoms with Crippen molar-refractivity contribution in [2.45, 2.75) is 45.1 Å². The van der Waals surface area contributed by atoms with Crippen LogP contribution in [0.2, 0.25) is 0 Å². The normalized spacial score (nSPS) is 20.4. The molecule has 138 valence electrons. The Kier molecular flexibility index (Phi) is 5.25. The van der Waals surface area contributed by atoms with Gasteiger partial charge < -0.3 is 20.5 Å². The third-order valence-corrected chi connectivity index (χ3v) is 4.24. The lowest BCUT2D eigenvalue weighted by molar-refractivity contribution is -0.142. The van der Waals surface area contributed by atoms with E-state index in [1.165, 1.54) is 12.1 Å². The Hall–Kier alpha value is -2.31. The highest BCUT2D eigenvalue weighted by Gasteiger charge is 2.38. The van der Waals surface area contributed by atoms with E-state index in [0.717, 1.165) is 11.3 Å². The van der Waals surface area contributed by atoms with Gasteiger partial charge in [-0.25, -0.2) is 9.18 Å². The third-order valence-electron chi connectivity index (χ3n) is 4.24. The number of hydrogen-bond donors (Lipinski definition) is 3. The van der Waals surface area contributed by atoms with E-state index in [4.69, 9.17) is 4.74 Å². The maximum atomic E-state index is 13.6. The first kappa shape index (κ1) is 19.0. The number of halogens is 1. The number of anilines is 1. The fourth-order valence-corrected chi connectivity index (χ4v) is 3.05. The molecule has 0 saturated carbocycles. The highest BCUT2D eigenvalue weighted by atomic mass is 19.1. The van der Waals surface area contributed by atoms with Gasteiger partial charge in [0.05, 0.1) is 5.92 Å². The lowest BCUT2D eigenvalue weighted by Crippen LogP contribution is -2.40. The van der Waals surface area contributed by atoms with Crippen molar-refractivity contribution in [3.8, 4) is 0 Å². The molecule has 3 N–H and O–H groups in total. The van der Waals surface area contributed by atoms with E-state index in [1.807, 2.05) is 6.92 Å². The van der Waals surface area contributed by atoms with Crippen LogP contribution >= 0.6 is 0 Å². The Morgan fingerprint density at radius 2 is 2.12 bits per heavy atom. The van der Waals surface area contributed by atoms with Crippen LogP contribution in [0.3, 0.4) is 0 Å². The average Bonchev–Trinajstić information content (AvgIpc) is 2.79. The van der Waals surface area contributed by atoms with Crippen LogP contribution in [0.15, 0.2) is 18.2 Å². The summed E-state index contributed by atoms with van der Waals surface area (Å²) in [5.74, 6) is -2.18. The SMILES string of the molecule is CC(C)(C)OC(=O)NCC(CC1(C)CNc2ccc(F)cc21)C(=O)O. The van der Waals surface area contributed by atoms with Gasteiger partial charge in [0.25, 0.3) is 0 Å². The van der Waals surface area contributed by atoms with Crippen LogP contribution in [-0.4, -0.2) is 35.9 Å². The number of alkyl carbamates (subject to hydrolysis) is 1. The van der Waals surface area contributed by atoms with Gasteiger partial charge in [-0.3, -0.25) is 4.79 Å². The first-order chi connectivity index (χ1) is 11.5. The minimum Gasteiger partial charge on any atom is -0.481 e. The fourth-order valence-electron chi connectivity index (χ4n) is 3.05. The summed E-state index contributed by atoms with van der Waals surface area (Å²) in [5.41, 5.74) is 0.389. The molecule has 1 aliphatic heterocycles. The number of carboxylic acids is 1. The highest BCUT2D eigenvalue weighted by molar-refractivity contribution is 5.73. The van der Waals surface area contributed by atoms with Crippen molar-refractivity contribution < 1.29 is 23.8 Å². The zero-order chi connectivity index (χ0) is 18.8. The molecule has 1 amide bonds. The van der Waals surface area contributed by atoms with E-state index in [0.29, 0.717) is 6.54 Å². The van der Waals surface area contributed by atoms with E-state index in [-0.39, 0.29) is 18.8 Å². The number of ether oxygens (including phenoxy) is 1. The van der Waals surface area contributed by atoms with Crippen LogP contribution in [0, 0.1) is 11.7 Å². The number of rotatable bonds is 5. The second kappa shape index (κ2) is 6.90. The predicted molar refractivity (Wildman–Crippen MR) is 92.2 cm³/mol. The molecule has 25 heavy (non-hydrogen) atoms. The van der Waals surface area contributed by atoms with Crippen LogP contribution in [0.5, 0.6) is 0 Å². The molecule has 2 atom stereocenters. The number of benzene rings is 1. The molecule has 2 unspecified atom stereocenters. The molecule has 1 aromatic rings. The predicted octanol–water partition coefficient (Wildman–Crippen LogP) is 3.12. The lowest BCUT2D eigenvalue weighted by atomic mass is 9.76. The highest BCUT2D eigenvalue weighted by Crippen LogP contribution is 2.41. The van der Waals surface area contributed by atoms with Gasteiger partial charge in [-0.2, -0.15) is 0 Å². The van der Waals surface area contributed by atoms with Crippen LogP contribution in [-0.2, 0) is 14.9 Å². The van der Waals surface area contributed by atoms with Crippen molar-refractivity contribution in [1.29, 1.82) is 0 Å². The summed E-state index contributed by atoms with van der Waals surface area (Å²) in [5, 5.41) is 15.2. The van der Waals surface area contributed by atoms with E-state index < -0.39 is 29.0 Å². The van der Waals surface area contributed by atoms with E-state index in [2.05, 4.69) is 10.6 Å². The first-order valence-corrected chi connectivity index (χ1v) is 8.24. The molecule has 6 nitrogen and oxygen atoms in total. The quantitative estimate of drug-likeness (QED) is 0.758. The Morgan fingerprint density at radius 3 is 2.72 bits per heavy atom. The molecule has 1 aromatic carbocycles. The second-order valence-corrected chi connectivity index (χ2v) is 7.73. The molecule has 0 fully saturated rings. The number of carboxylic acid groups (broad SMARTS) is 1. The van der Waals surface area contributed by atoms with Gasteiger partial charge in [-0.05, 0) is 51.0 Å². The zero-order valence-corrected chi connectivity index (χ0v) is 15.0. The Labute approximate surface area is 146 Å². The van der Waals surface area contributed by atoms with Gasteiger partial charge in [-0.1, -0.05) is 6.92 Å². The van der Waals surface area contributed by atoms with Gasteiger partial charge >= 0.3 is 12.1 Å². The number of fused-ring (bicyclic) bond motifs is 1. The minimum absolute atomic E-state index is 0.0511. The van der Waals surface area contributed by atoms with Crippen molar-refractivity contribution in [3.63, 3.8) is 0 Å². The van der Waals surface area contributed by atoms with Crippen molar-refractivity contribution in [2.24, 2.45) is 5.92 Å². The topological polar surface area (TPSA) is 87.7 Å². The van der Waals surface area contributed by atoms with E-state index >= 15 is 0 Å². The Bertz CT molecular complexity index is 672. The Morgan fingerprint density at radius 1 is 1.44 bits per heavy atom. The van der Waals surface area contributed by atoms with E-state index in [9.17, 15) is 19.1 Å². The minimum atomic E-state index is -1.01. The summed E-state index contributed by atoms with van der Waals surface area (Å²) in [4.78, 5) is 23.4. The van der Waals surface area contributed by atoms with Crippen LogP contribution < -0.4 is 10.6 Å². The monoisotopic (exact) mass is 352 g/mol. The van der Waals surface area contributed by atoms with Gasteiger partial charge in [0, 0.05) is 24.2 Å². The molecule has 1 heterocycles. The van der Waals surface area contributed by atoms with E-state index in [1.54, 1.807) is 26.8 Å². The van der Waals surface area contributed by atoms with Gasteiger partial charge in [-0.15, -0.1) is 0 Å². The average molecular weight is 352 g/mol. The number of hydrogen-bond acceptors (Lipinski definition) is 4. The molecule has 1 aliphatic rings. The molecular weight excluding hydrogens is 327 g/mol. The summed E-state index contributed by atoms with van der Waals surface area (Å²) in [7, 11) is 0. The molecule has 2 rings (SSSR count). The summed E-state index contributed by atoms with van der Waals surface area (Å²) < 4.78 is 18.7. The van der Waals surface area contributed by atoms with Crippen molar-refractivity contribution >= 4 is 17.7 Å². The van der Waals surface area contributed by atoms with Gasteiger partial charge in [0.15, 0.2) is 0 Å². The summed E-state index contributed by atoms with van der Waals surface area (Å²) in [6.45, 7) is 7.56. The Balaban J connectivity index is 2.07. The summed E-state index contributed by atoms with van der Waals surface area (Å²) >= 11 is 0. The second-order valence-electron chi connectivity index (χ2n) is 7.73. The van der Waals surface area contributed by atoms with Crippen molar-refractivity contribution in [3.05, 3.63) is 29.6 Å². The molecular formula is C18H25FN2O4. The standard InChI is InChI=1S/C18H25FN2O4/c1-17(2,3)25-16(24)20-9-11(15(22)23)8-18(4)10-21-14-6-5-12(19)7-13(14)18/h5-7,11,21H,8-10H2,1-4H3,(H,20,24)(H,22,23). The van der Waals surface area contributed by atoms with Crippen molar-refractivity contribution in [1.82, 2.24) is 5.32 Å². The molecule has 0 radical (unpaired) electrons. The van der Waals surface area contributed by atoms with Crippen LogP contribution in [0.4, 0.5) is 14.9 Å². The maximum absolute atomic E-state index is 13.6. The van der Waals surface area contributed by atoms with Crippen LogP contribution in [0.1, 0.15) is 39.7 Å². The number of carbonyl (C=O) groups excluding carboxylic acids is 1. The molecule has 0 saturated heterocycles. The van der Waals surface area contributed by atoms with Crippen LogP contribution in [0.25, 0.3) is 0 Å². The summed E-state index contributed by atoms with van der Waals surface area (Å²) in [6, 6.07) is 4.47. The summed E-state index contributed by atoms with van der Waals surface area (Å²) in [6.07, 6.45) is -0.387.